The molecule has 6 heteroatoms. The predicted octanol–water partition coefficient (Wildman–Crippen LogP) is 0.643. The van der Waals surface area contributed by atoms with Crippen LogP contribution >= 0.6 is 11.8 Å². The number of fused-ring (bicyclic) bond motifs is 1. The summed E-state index contributed by atoms with van der Waals surface area (Å²) >= 11 is 1.50. The molecular formula is C13H12N4OS. The zero-order valence-corrected chi connectivity index (χ0v) is 11.3. The maximum Gasteiger partial charge on any atom is 0.219 e. The van der Waals surface area contributed by atoms with Gasteiger partial charge in [0.1, 0.15) is 5.69 Å². The maximum atomic E-state index is 10.0. The van der Waals surface area contributed by atoms with Crippen molar-refractivity contribution >= 4 is 24.1 Å². The Bertz CT molecular complexity index is 792. The SMILES string of the molecule is CSc1nc(/C=c2\ccc3c(c2)C=NN=3)c(O)n1C. The van der Waals surface area contributed by atoms with Crippen LogP contribution in [0, 0.1) is 0 Å². The van der Waals surface area contributed by atoms with Crippen LogP contribution in [0.4, 0.5) is 0 Å². The smallest absolute Gasteiger partial charge is 0.219 e. The molecule has 0 fully saturated rings. The molecule has 0 aliphatic carbocycles. The van der Waals surface area contributed by atoms with Gasteiger partial charge in [-0.2, -0.15) is 10.2 Å². The van der Waals surface area contributed by atoms with Crippen LogP contribution in [0.25, 0.3) is 6.08 Å². The highest BCUT2D eigenvalue weighted by Crippen LogP contribution is 2.23. The Morgan fingerprint density at radius 3 is 2.95 bits per heavy atom. The van der Waals surface area contributed by atoms with E-state index in [9.17, 15) is 5.11 Å². The van der Waals surface area contributed by atoms with Crippen LogP contribution in [0.15, 0.2) is 33.6 Å². The number of aromatic nitrogens is 2. The van der Waals surface area contributed by atoms with E-state index in [-0.39, 0.29) is 5.88 Å². The molecule has 19 heavy (non-hydrogen) atoms. The summed E-state index contributed by atoms with van der Waals surface area (Å²) in [5.41, 5.74) is 1.55. The number of nitrogens with zero attached hydrogens (tertiary/aromatic N) is 4. The molecule has 2 heterocycles. The van der Waals surface area contributed by atoms with E-state index in [0.717, 1.165) is 21.3 Å². The van der Waals surface area contributed by atoms with Crippen LogP contribution in [0.5, 0.6) is 5.88 Å². The highest BCUT2D eigenvalue weighted by molar-refractivity contribution is 7.98. The third kappa shape index (κ3) is 2.04. The highest BCUT2D eigenvalue weighted by atomic mass is 32.2. The van der Waals surface area contributed by atoms with E-state index in [1.165, 1.54) is 11.8 Å². The summed E-state index contributed by atoms with van der Waals surface area (Å²) in [6, 6.07) is 5.82. The van der Waals surface area contributed by atoms with Crippen molar-refractivity contribution in [1.82, 2.24) is 9.55 Å². The number of hydrogen-bond donors (Lipinski definition) is 1. The molecule has 0 radical (unpaired) electrons. The van der Waals surface area contributed by atoms with Gasteiger partial charge >= 0.3 is 0 Å². The summed E-state index contributed by atoms with van der Waals surface area (Å²) in [5, 5.41) is 20.5. The van der Waals surface area contributed by atoms with E-state index in [1.807, 2.05) is 30.5 Å². The molecule has 1 aromatic carbocycles. The van der Waals surface area contributed by atoms with Crippen LogP contribution in [0.2, 0.25) is 0 Å². The molecule has 0 saturated carbocycles. The fourth-order valence-electron chi connectivity index (χ4n) is 1.94. The van der Waals surface area contributed by atoms with Gasteiger partial charge in [0.15, 0.2) is 5.16 Å². The average molecular weight is 272 g/mol. The number of benzene rings is 1. The number of aromatic hydroxyl groups is 1. The lowest BCUT2D eigenvalue weighted by Crippen LogP contribution is -2.11. The van der Waals surface area contributed by atoms with Gasteiger partial charge < -0.3 is 5.11 Å². The molecule has 1 aromatic heterocycles. The van der Waals surface area contributed by atoms with Crippen LogP contribution < -0.4 is 10.6 Å². The molecule has 5 nitrogen and oxygen atoms in total. The van der Waals surface area contributed by atoms with Crippen LogP contribution in [-0.4, -0.2) is 27.1 Å². The van der Waals surface area contributed by atoms with Gasteiger partial charge in [-0.05, 0) is 29.7 Å². The fourth-order valence-corrected chi connectivity index (χ4v) is 2.49. The van der Waals surface area contributed by atoms with E-state index < -0.39 is 0 Å². The molecule has 0 amide bonds. The summed E-state index contributed by atoms with van der Waals surface area (Å²) in [6.07, 6.45) is 5.50. The first kappa shape index (κ1) is 12.0. The first-order valence-corrected chi connectivity index (χ1v) is 6.94. The van der Waals surface area contributed by atoms with Gasteiger partial charge in [-0.1, -0.05) is 17.8 Å². The molecule has 1 aliphatic heterocycles. The largest absolute Gasteiger partial charge is 0.493 e. The monoisotopic (exact) mass is 272 g/mol. The van der Waals surface area contributed by atoms with Gasteiger partial charge in [0, 0.05) is 12.6 Å². The summed E-state index contributed by atoms with van der Waals surface area (Å²) in [4.78, 5) is 4.38. The second-order valence-electron chi connectivity index (χ2n) is 4.17. The Hall–Kier alpha value is -2.08. The first-order valence-electron chi connectivity index (χ1n) is 5.71. The topological polar surface area (TPSA) is 62.8 Å². The highest BCUT2D eigenvalue weighted by Gasteiger charge is 2.10. The Morgan fingerprint density at radius 2 is 2.21 bits per heavy atom. The number of imidazole rings is 1. The third-order valence-corrected chi connectivity index (χ3v) is 3.68. The van der Waals surface area contributed by atoms with Crippen molar-refractivity contribution in [3.8, 4) is 5.88 Å². The van der Waals surface area contributed by atoms with Gasteiger partial charge in [-0.25, -0.2) is 4.98 Å². The van der Waals surface area contributed by atoms with E-state index >= 15 is 0 Å². The van der Waals surface area contributed by atoms with Gasteiger partial charge in [-0.15, -0.1) is 0 Å². The Kier molecular flexibility index (Phi) is 2.87. The Labute approximate surface area is 114 Å². The normalized spacial score (nSPS) is 13.7. The van der Waals surface area contributed by atoms with E-state index in [0.29, 0.717) is 5.69 Å². The van der Waals surface area contributed by atoms with Crippen LogP contribution in [0.3, 0.4) is 0 Å². The van der Waals surface area contributed by atoms with Crippen molar-refractivity contribution in [2.75, 3.05) is 6.26 Å². The predicted molar refractivity (Wildman–Crippen MR) is 75.0 cm³/mol. The van der Waals surface area contributed by atoms with E-state index in [2.05, 4.69) is 15.2 Å². The molecule has 0 unspecified atom stereocenters. The number of rotatable bonds is 2. The van der Waals surface area contributed by atoms with Gasteiger partial charge in [0.25, 0.3) is 0 Å². The van der Waals surface area contributed by atoms with Gasteiger partial charge in [0.2, 0.25) is 5.88 Å². The molecule has 2 aromatic rings. The lowest BCUT2D eigenvalue weighted by atomic mass is 10.2. The first-order chi connectivity index (χ1) is 9.19. The van der Waals surface area contributed by atoms with Gasteiger partial charge in [-0.3, -0.25) is 4.57 Å². The minimum atomic E-state index is 0.170. The van der Waals surface area contributed by atoms with Crippen LogP contribution in [0.1, 0.15) is 11.3 Å². The number of thioether (sulfide) groups is 1. The molecule has 96 valence electrons. The van der Waals surface area contributed by atoms with Crippen LogP contribution in [-0.2, 0) is 7.05 Å². The molecule has 0 spiro atoms. The number of hydrogen-bond acceptors (Lipinski definition) is 5. The molecule has 0 atom stereocenters. The Balaban J connectivity index is 2.12. The zero-order chi connectivity index (χ0) is 13.4. The summed E-state index contributed by atoms with van der Waals surface area (Å²) in [6.45, 7) is 0. The van der Waals surface area contributed by atoms with Crippen molar-refractivity contribution in [2.24, 2.45) is 17.3 Å². The van der Waals surface area contributed by atoms with Gasteiger partial charge in [0.05, 0.1) is 11.6 Å². The minimum Gasteiger partial charge on any atom is -0.493 e. The molecule has 1 aliphatic rings. The lowest BCUT2D eigenvalue weighted by Gasteiger charge is -1.96. The fraction of sp³-hybridized carbons (Fsp3) is 0.154. The summed E-state index contributed by atoms with van der Waals surface area (Å²) in [7, 11) is 1.79. The molecule has 3 rings (SSSR count). The third-order valence-electron chi connectivity index (χ3n) is 2.95. The van der Waals surface area contributed by atoms with E-state index in [1.54, 1.807) is 17.8 Å². The maximum absolute atomic E-state index is 10.0. The molecule has 0 saturated heterocycles. The molecule has 0 bridgehead atoms. The minimum absolute atomic E-state index is 0.170. The quantitative estimate of drug-likeness (QED) is 0.816. The second kappa shape index (κ2) is 4.55. The van der Waals surface area contributed by atoms with Crippen molar-refractivity contribution in [1.29, 1.82) is 0 Å². The molecule has 1 N–H and O–H groups in total. The van der Waals surface area contributed by atoms with E-state index in [4.69, 9.17) is 0 Å². The average Bonchev–Trinajstić information content (AvgIpc) is 2.98. The second-order valence-corrected chi connectivity index (χ2v) is 4.95. The molecular weight excluding hydrogens is 260 g/mol. The lowest BCUT2D eigenvalue weighted by molar-refractivity contribution is 0.424. The van der Waals surface area contributed by atoms with Crippen molar-refractivity contribution in [3.05, 3.63) is 40.0 Å². The van der Waals surface area contributed by atoms with Crippen molar-refractivity contribution in [3.63, 3.8) is 0 Å². The standard InChI is InChI=1S/C13H12N4OS/c1-17-12(18)11(15-13(17)19-2)6-8-3-4-10-9(5-8)7-14-16-10/h3-7,18H,1-2H3/b8-6+. The van der Waals surface area contributed by atoms with Crippen molar-refractivity contribution in [2.45, 2.75) is 5.16 Å². The zero-order valence-electron chi connectivity index (χ0n) is 10.5. The summed E-state index contributed by atoms with van der Waals surface area (Å²) in [5.74, 6) is 0.170. The van der Waals surface area contributed by atoms with Crippen molar-refractivity contribution < 1.29 is 5.11 Å². The Morgan fingerprint density at radius 1 is 1.37 bits per heavy atom. The summed E-state index contributed by atoms with van der Waals surface area (Å²) < 4.78 is 1.67.